The zero-order valence-corrected chi connectivity index (χ0v) is 34.6. The van der Waals surface area contributed by atoms with Gasteiger partial charge in [-0.1, -0.05) is 207 Å². The zero-order chi connectivity index (χ0) is 37.5. The fraction of sp³-hybridized carbons (Fsp3) is 0.933. The first-order valence-electron chi connectivity index (χ1n) is 22.4. The molecule has 0 heterocycles. The maximum Gasteiger partial charge on any atom is 0.306 e. The molecule has 0 spiro atoms. The number of carbonyl (C=O) groups is 3. The first-order valence-corrected chi connectivity index (χ1v) is 22.4. The maximum absolute atomic E-state index is 12.7. The molecule has 0 fully saturated rings. The Hall–Kier alpha value is -1.59. The number of unbranched alkanes of at least 4 members (excludes halogenated alkanes) is 27. The van der Waals surface area contributed by atoms with E-state index in [0.29, 0.717) is 19.3 Å². The van der Waals surface area contributed by atoms with Crippen LogP contribution in [0.4, 0.5) is 0 Å². The van der Waals surface area contributed by atoms with E-state index in [1.54, 1.807) is 0 Å². The van der Waals surface area contributed by atoms with E-state index in [1.165, 1.54) is 135 Å². The average Bonchev–Trinajstić information content (AvgIpc) is 3.11. The second-order valence-corrected chi connectivity index (χ2v) is 15.8. The van der Waals surface area contributed by atoms with Gasteiger partial charge in [-0.2, -0.15) is 0 Å². The number of ether oxygens (including phenoxy) is 3. The van der Waals surface area contributed by atoms with E-state index in [2.05, 4.69) is 27.7 Å². The Bertz CT molecular complexity index is 766. The van der Waals surface area contributed by atoms with Gasteiger partial charge in [0.05, 0.1) is 0 Å². The SMILES string of the molecule is CCCCCCCCCCCCCCCCCCCCCC(=O)O[C@@H](COC(=O)CCCCCCC)COC(=O)CCCCCCCCC(C)C. The summed E-state index contributed by atoms with van der Waals surface area (Å²) < 4.78 is 16.6. The lowest BCUT2D eigenvalue weighted by Crippen LogP contribution is -2.30. The summed E-state index contributed by atoms with van der Waals surface area (Å²) >= 11 is 0. The molecule has 0 radical (unpaired) electrons. The van der Waals surface area contributed by atoms with Crippen LogP contribution in [-0.4, -0.2) is 37.2 Å². The Morgan fingerprint density at radius 2 is 0.647 bits per heavy atom. The molecule has 0 aromatic rings. The minimum atomic E-state index is -0.758. The number of hydrogen-bond acceptors (Lipinski definition) is 6. The molecule has 51 heavy (non-hydrogen) atoms. The van der Waals surface area contributed by atoms with Crippen molar-refractivity contribution >= 4 is 17.9 Å². The summed E-state index contributed by atoms with van der Waals surface area (Å²) in [6.45, 7) is 8.84. The molecule has 0 aliphatic carbocycles. The normalized spacial score (nSPS) is 11.9. The minimum absolute atomic E-state index is 0.0667. The Labute approximate surface area is 317 Å². The number of esters is 3. The smallest absolute Gasteiger partial charge is 0.306 e. The molecule has 0 N–H and O–H groups in total. The third-order valence-corrected chi connectivity index (χ3v) is 10.0. The topological polar surface area (TPSA) is 78.9 Å². The summed E-state index contributed by atoms with van der Waals surface area (Å²) in [7, 11) is 0. The van der Waals surface area contributed by atoms with Crippen LogP contribution in [0.3, 0.4) is 0 Å². The highest BCUT2D eigenvalue weighted by atomic mass is 16.6. The van der Waals surface area contributed by atoms with Gasteiger partial charge in [-0.15, -0.1) is 0 Å². The fourth-order valence-electron chi connectivity index (χ4n) is 6.63. The molecule has 6 nitrogen and oxygen atoms in total. The van der Waals surface area contributed by atoms with Gasteiger partial charge in [-0.25, -0.2) is 0 Å². The van der Waals surface area contributed by atoms with Crippen LogP contribution >= 0.6 is 0 Å². The van der Waals surface area contributed by atoms with E-state index in [1.807, 2.05) is 0 Å². The van der Waals surface area contributed by atoms with Crippen LogP contribution < -0.4 is 0 Å². The Morgan fingerprint density at radius 3 is 0.961 bits per heavy atom. The highest BCUT2D eigenvalue weighted by molar-refractivity contribution is 5.71. The summed E-state index contributed by atoms with van der Waals surface area (Å²) in [5.74, 6) is -0.112. The number of hydrogen-bond donors (Lipinski definition) is 0. The maximum atomic E-state index is 12.7. The molecule has 0 rings (SSSR count). The summed E-state index contributed by atoms with van der Waals surface area (Å²) in [4.78, 5) is 37.3. The molecule has 1 atom stereocenters. The predicted octanol–water partition coefficient (Wildman–Crippen LogP) is 13.9. The highest BCUT2D eigenvalue weighted by Crippen LogP contribution is 2.16. The van der Waals surface area contributed by atoms with Gasteiger partial charge in [0.1, 0.15) is 13.2 Å². The van der Waals surface area contributed by atoms with Crippen LogP contribution in [0.5, 0.6) is 0 Å². The highest BCUT2D eigenvalue weighted by Gasteiger charge is 2.19. The molecule has 0 saturated heterocycles. The van der Waals surface area contributed by atoms with Gasteiger partial charge in [-0.3, -0.25) is 14.4 Å². The Morgan fingerprint density at radius 1 is 0.373 bits per heavy atom. The van der Waals surface area contributed by atoms with Gasteiger partial charge in [0.15, 0.2) is 6.10 Å². The van der Waals surface area contributed by atoms with E-state index in [0.717, 1.165) is 70.1 Å². The van der Waals surface area contributed by atoms with Crippen molar-refractivity contribution < 1.29 is 28.6 Å². The van der Waals surface area contributed by atoms with Crippen LogP contribution in [0, 0.1) is 5.92 Å². The van der Waals surface area contributed by atoms with Gasteiger partial charge < -0.3 is 14.2 Å². The van der Waals surface area contributed by atoms with Gasteiger partial charge in [0.2, 0.25) is 0 Å². The van der Waals surface area contributed by atoms with Crippen molar-refractivity contribution in [2.75, 3.05) is 13.2 Å². The predicted molar refractivity (Wildman–Crippen MR) is 215 cm³/mol. The molecule has 0 aromatic carbocycles. The molecule has 0 saturated carbocycles. The van der Waals surface area contributed by atoms with E-state index in [9.17, 15) is 14.4 Å². The molecule has 6 heteroatoms. The van der Waals surface area contributed by atoms with Crippen molar-refractivity contribution in [2.24, 2.45) is 5.92 Å². The molecular weight excluding hydrogens is 636 g/mol. The minimum Gasteiger partial charge on any atom is -0.462 e. The molecule has 0 aliphatic heterocycles. The van der Waals surface area contributed by atoms with Crippen LogP contribution in [0.1, 0.15) is 246 Å². The van der Waals surface area contributed by atoms with E-state index >= 15 is 0 Å². The third kappa shape index (κ3) is 39.5. The average molecular weight is 723 g/mol. The van der Waals surface area contributed by atoms with E-state index < -0.39 is 6.10 Å². The second-order valence-electron chi connectivity index (χ2n) is 15.8. The van der Waals surface area contributed by atoms with Gasteiger partial charge in [0.25, 0.3) is 0 Å². The quantitative estimate of drug-likeness (QED) is 0.0356. The van der Waals surface area contributed by atoms with Gasteiger partial charge in [0, 0.05) is 19.3 Å². The van der Waals surface area contributed by atoms with Crippen LogP contribution in [-0.2, 0) is 28.6 Å². The Kier molecular flexibility index (Phi) is 38.4. The van der Waals surface area contributed by atoms with Crippen molar-refractivity contribution in [3.63, 3.8) is 0 Å². The lowest BCUT2D eigenvalue weighted by molar-refractivity contribution is -0.167. The fourth-order valence-corrected chi connectivity index (χ4v) is 6.63. The van der Waals surface area contributed by atoms with E-state index in [4.69, 9.17) is 14.2 Å². The first kappa shape index (κ1) is 49.4. The summed E-state index contributed by atoms with van der Waals surface area (Å²) in [6.07, 6.45) is 38.5. The lowest BCUT2D eigenvalue weighted by atomic mass is 10.0. The van der Waals surface area contributed by atoms with Crippen molar-refractivity contribution in [1.29, 1.82) is 0 Å². The first-order chi connectivity index (χ1) is 24.9. The lowest BCUT2D eigenvalue weighted by Gasteiger charge is -2.18. The molecule has 0 unspecified atom stereocenters. The van der Waals surface area contributed by atoms with Gasteiger partial charge >= 0.3 is 17.9 Å². The van der Waals surface area contributed by atoms with Crippen LogP contribution in [0.25, 0.3) is 0 Å². The molecular formula is C45H86O6. The largest absolute Gasteiger partial charge is 0.462 e. The zero-order valence-electron chi connectivity index (χ0n) is 34.6. The molecule has 0 amide bonds. The molecule has 0 bridgehead atoms. The number of carbonyl (C=O) groups excluding carboxylic acids is 3. The van der Waals surface area contributed by atoms with Crippen LogP contribution in [0.15, 0.2) is 0 Å². The monoisotopic (exact) mass is 723 g/mol. The second kappa shape index (κ2) is 39.6. The summed E-state index contributed by atoms with van der Waals surface area (Å²) in [5.41, 5.74) is 0. The standard InChI is InChI=1S/C45H86O6/c1-5-7-9-11-12-13-14-15-16-17-18-19-20-21-22-23-24-30-34-38-45(48)51-42(39-49-43(46)36-32-27-10-8-6-2)40-50-44(47)37-33-29-26-25-28-31-35-41(3)4/h41-42H,5-40H2,1-4H3/t42-/m0/s1. The van der Waals surface area contributed by atoms with Crippen molar-refractivity contribution in [1.82, 2.24) is 0 Å². The molecule has 302 valence electrons. The summed E-state index contributed by atoms with van der Waals surface area (Å²) in [6, 6.07) is 0. The van der Waals surface area contributed by atoms with E-state index in [-0.39, 0.29) is 31.1 Å². The molecule has 0 aliphatic rings. The summed E-state index contributed by atoms with van der Waals surface area (Å²) in [5, 5.41) is 0. The van der Waals surface area contributed by atoms with Crippen LogP contribution in [0.2, 0.25) is 0 Å². The van der Waals surface area contributed by atoms with Crippen molar-refractivity contribution in [2.45, 2.75) is 252 Å². The van der Waals surface area contributed by atoms with Crippen molar-refractivity contribution in [3.05, 3.63) is 0 Å². The van der Waals surface area contributed by atoms with Crippen molar-refractivity contribution in [3.8, 4) is 0 Å². The molecule has 0 aromatic heterocycles. The third-order valence-electron chi connectivity index (χ3n) is 10.0. The van der Waals surface area contributed by atoms with Gasteiger partial charge in [-0.05, 0) is 25.2 Å². The Balaban J connectivity index is 4.11. The number of rotatable bonds is 40.